The summed E-state index contributed by atoms with van der Waals surface area (Å²) in [6.07, 6.45) is 0. The van der Waals surface area contributed by atoms with Crippen molar-refractivity contribution in [3.8, 4) is 5.00 Å². The van der Waals surface area contributed by atoms with E-state index in [9.17, 15) is 4.79 Å². The van der Waals surface area contributed by atoms with E-state index in [4.69, 9.17) is 21.3 Å². The topological polar surface area (TPSA) is 69.4 Å². The van der Waals surface area contributed by atoms with Crippen molar-refractivity contribution in [1.29, 1.82) is 0 Å². The van der Waals surface area contributed by atoms with Crippen LogP contribution in [-0.2, 0) is 9.53 Å². The number of esters is 1. The predicted octanol–water partition coefficient (Wildman–Crippen LogP) is 5.14. The number of fused-ring (bicyclic) bond motifs is 3. The molecule has 0 saturated heterocycles. The van der Waals surface area contributed by atoms with Crippen molar-refractivity contribution >= 4 is 34.6 Å². The predicted molar refractivity (Wildman–Crippen MR) is 119 cm³/mol. The number of carbonyl (C=O) groups is 1. The Hall–Kier alpha value is -2.51. The molecule has 0 spiro atoms. The second kappa shape index (κ2) is 7.32. The van der Waals surface area contributed by atoms with Crippen LogP contribution >= 0.6 is 22.9 Å². The number of nitrogens with zero attached hydrogens (tertiary/aromatic N) is 4. The molecule has 1 aliphatic heterocycles. The molecule has 2 aromatic heterocycles. The number of rotatable bonds is 2. The summed E-state index contributed by atoms with van der Waals surface area (Å²) in [6, 6.07) is 6.57. The van der Waals surface area contributed by atoms with Crippen LogP contribution in [0.15, 0.2) is 29.3 Å². The van der Waals surface area contributed by atoms with Crippen LogP contribution in [0.5, 0.6) is 0 Å². The van der Waals surface area contributed by atoms with Gasteiger partial charge in [0.25, 0.3) is 0 Å². The minimum Gasteiger partial charge on any atom is -0.458 e. The normalized spacial score (nSPS) is 15.8. The van der Waals surface area contributed by atoms with Crippen LogP contribution in [0.1, 0.15) is 60.0 Å². The number of aliphatic imine (C=N–C) groups is 1. The SMILES string of the molecule is Cc1sc2c(c1C)C(c1ccc(Cl)cc1)=N[C@@H](C(=O)OC(C)(C)C)c1nnc(C)n1-2. The molecule has 0 fully saturated rings. The van der Waals surface area contributed by atoms with E-state index in [-0.39, 0.29) is 0 Å². The van der Waals surface area contributed by atoms with Crippen LogP contribution < -0.4 is 0 Å². The Bertz CT molecular complexity index is 1170. The smallest absolute Gasteiger partial charge is 0.339 e. The van der Waals surface area contributed by atoms with Crippen molar-refractivity contribution < 1.29 is 9.53 Å². The summed E-state index contributed by atoms with van der Waals surface area (Å²) in [5.41, 5.74) is 3.06. The van der Waals surface area contributed by atoms with E-state index in [1.807, 2.05) is 56.5 Å². The highest BCUT2D eigenvalue weighted by Crippen LogP contribution is 2.39. The molecule has 1 aliphatic rings. The Morgan fingerprint density at radius 3 is 2.43 bits per heavy atom. The average Bonchev–Trinajstić information content (AvgIpc) is 3.11. The van der Waals surface area contributed by atoms with E-state index in [2.05, 4.69) is 24.0 Å². The first-order valence-electron chi connectivity index (χ1n) is 9.66. The number of aromatic nitrogens is 3. The first-order chi connectivity index (χ1) is 14.1. The van der Waals surface area contributed by atoms with E-state index in [0.29, 0.717) is 16.7 Å². The van der Waals surface area contributed by atoms with E-state index in [1.165, 1.54) is 4.88 Å². The van der Waals surface area contributed by atoms with Gasteiger partial charge in [0.15, 0.2) is 5.82 Å². The number of carbonyl (C=O) groups excluding carboxylic acids is 1. The number of ether oxygens (including phenoxy) is 1. The molecule has 3 heterocycles. The third-order valence-electron chi connectivity index (χ3n) is 4.91. The molecular formula is C22H23ClN4O2S. The molecule has 0 radical (unpaired) electrons. The van der Waals surface area contributed by atoms with Crippen molar-refractivity contribution in [3.63, 3.8) is 0 Å². The lowest BCUT2D eigenvalue weighted by atomic mass is 10.00. The van der Waals surface area contributed by atoms with Gasteiger partial charge in [-0.15, -0.1) is 21.5 Å². The standard InChI is InChI=1S/C22H23ClN4O2S/c1-11-12(2)30-20-16(11)17(14-7-9-15(23)10-8-14)24-18(21(28)29-22(4,5)6)19-26-25-13(3)27(19)20/h7-10,18H,1-6H3/t18-/m1/s1. The van der Waals surface area contributed by atoms with Gasteiger partial charge in [-0.2, -0.15) is 0 Å². The fourth-order valence-corrected chi connectivity index (χ4v) is 4.79. The molecule has 0 saturated carbocycles. The molecule has 0 bridgehead atoms. The van der Waals surface area contributed by atoms with E-state index in [1.54, 1.807) is 11.3 Å². The fraction of sp³-hybridized carbons (Fsp3) is 0.364. The fourth-order valence-electron chi connectivity index (χ4n) is 3.45. The molecule has 0 aliphatic carbocycles. The molecule has 1 atom stereocenters. The van der Waals surface area contributed by atoms with Gasteiger partial charge in [0.1, 0.15) is 16.4 Å². The zero-order valence-electron chi connectivity index (χ0n) is 17.8. The van der Waals surface area contributed by atoms with Gasteiger partial charge in [-0.25, -0.2) is 4.79 Å². The third kappa shape index (κ3) is 3.56. The second-order valence-corrected chi connectivity index (χ2v) is 9.96. The summed E-state index contributed by atoms with van der Waals surface area (Å²) >= 11 is 7.76. The van der Waals surface area contributed by atoms with Crippen LogP contribution in [0.25, 0.3) is 5.00 Å². The van der Waals surface area contributed by atoms with E-state index in [0.717, 1.165) is 27.4 Å². The van der Waals surface area contributed by atoms with Crippen molar-refractivity contribution in [3.05, 3.63) is 62.5 Å². The largest absolute Gasteiger partial charge is 0.458 e. The van der Waals surface area contributed by atoms with Crippen LogP contribution in [0.4, 0.5) is 0 Å². The van der Waals surface area contributed by atoms with E-state index >= 15 is 0 Å². The number of thiophene rings is 1. The van der Waals surface area contributed by atoms with Crippen molar-refractivity contribution in [2.45, 2.75) is 53.2 Å². The monoisotopic (exact) mass is 442 g/mol. The van der Waals surface area contributed by atoms with Gasteiger partial charge >= 0.3 is 5.97 Å². The number of hydrogen-bond donors (Lipinski definition) is 0. The summed E-state index contributed by atoms with van der Waals surface area (Å²) in [4.78, 5) is 19.3. The Labute approximate surface area is 184 Å². The first-order valence-corrected chi connectivity index (χ1v) is 10.9. The molecule has 1 aromatic carbocycles. The number of aryl methyl sites for hydroxylation is 2. The molecule has 3 aromatic rings. The highest BCUT2D eigenvalue weighted by molar-refractivity contribution is 7.15. The number of benzene rings is 1. The van der Waals surface area contributed by atoms with Crippen molar-refractivity contribution in [2.75, 3.05) is 0 Å². The molecule has 8 heteroatoms. The Morgan fingerprint density at radius 2 is 1.80 bits per heavy atom. The Morgan fingerprint density at radius 1 is 1.13 bits per heavy atom. The number of halogens is 1. The van der Waals surface area contributed by atoms with Gasteiger partial charge in [0.2, 0.25) is 6.04 Å². The molecule has 4 rings (SSSR count). The lowest BCUT2D eigenvalue weighted by Gasteiger charge is -2.22. The van der Waals surface area contributed by atoms with E-state index < -0.39 is 17.6 Å². The Kier molecular flexibility index (Phi) is 5.06. The molecule has 156 valence electrons. The van der Waals surface area contributed by atoms with Crippen LogP contribution in [0.3, 0.4) is 0 Å². The zero-order valence-corrected chi connectivity index (χ0v) is 19.4. The van der Waals surface area contributed by atoms with Gasteiger partial charge in [0, 0.05) is 21.0 Å². The van der Waals surface area contributed by atoms with Gasteiger partial charge < -0.3 is 4.74 Å². The summed E-state index contributed by atoms with van der Waals surface area (Å²) in [5.74, 6) is 0.717. The maximum absolute atomic E-state index is 13.2. The van der Waals surface area contributed by atoms with Crippen LogP contribution in [0.2, 0.25) is 5.02 Å². The molecular weight excluding hydrogens is 420 g/mol. The molecule has 6 nitrogen and oxygen atoms in total. The maximum atomic E-state index is 13.2. The average molecular weight is 443 g/mol. The summed E-state index contributed by atoms with van der Waals surface area (Å²) in [5, 5.41) is 10.2. The number of hydrogen-bond acceptors (Lipinski definition) is 6. The summed E-state index contributed by atoms with van der Waals surface area (Å²) < 4.78 is 7.62. The second-order valence-electron chi connectivity index (χ2n) is 8.32. The summed E-state index contributed by atoms with van der Waals surface area (Å²) in [7, 11) is 0. The van der Waals surface area contributed by atoms with Gasteiger partial charge in [-0.05, 0) is 59.2 Å². The lowest BCUT2D eigenvalue weighted by Crippen LogP contribution is -2.28. The van der Waals surface area contributed by atoms with Crippen LogP contribution in [-0.4, -0.2) is 32.0 Å². The lowest BCUT2D eigenvalue weighted by molar-refractivity contribution is -0.156. The molecule has 0 unspecified atom stereocenters. The quantitative estimate of drug-likeness (QED) is 0.515. The molecule has 0 N–H and O–H groups in total. The van der Waals surface area contributed by atoms with Gasteiger partial charge in [-0.3, -0.25) is 9.56 Å². The van der Waals surface area contributed by atoms with Crippen LogP contribution in [0, 0.1) is 20.8 Å². The zero-order chi connectivity index (χ0) is 21.8. The van der Waals surface area contributed by atoms with Gasteiger partial charge in [0.05, 0.1) is 5.71 Å². The van der Waals surface area contributed by atoms with Gasteiger partial charge in [-0.1, -0.05) is 23.7 Å². The van der Waals surface area contributed by atoms with Crippen molar-refractivity contribution in [2.24, 2.45) is 4.99 Å². The molecule has 30 heavy (non-hydrogen) atoms. The minimum atomic E-state index is -0.921. The first kappa shape index (κ1) is 20.8. The third-order valence-corrected chi connectivity index (χ3v) is 6.35. The molecule has 0 amide bonds. The minimum absolute atomic E-state index is 0.452. The Balaban J connectivity index is 2.00. The van der Waals surface area contributed by atoms with Crippen molar-refractivity contribution in [1.82, 2.24) is 14.8 Å². The highest BCUT2D eigenvalue weighted by atomic mass is 35.5. The maximum Gasteiger partial charge on any atom is 0.339 e. The highest BCUT2D eigenvalue weighted by Gasteiger charge is 2.37. The summed E-state index contributed by atoms with van der Waals surface area (Å²) in [6.45, 7) is 11.6.